The van der Waals surface area contributed by atoms with Crippen LogP contribution in [-0.4, -0.2) is 24.8 Å². The van der Waals surface area contributed by atoms with Crippen LogP contribution in [0.4, 0.5) is 26.3 Å². The van der Waals surface area contributed by atoms with Gasteiger partial charge in [-0.25, -0.2) is 4.99 Å². The summed E-state index contributed by atoms with van der Waals surface area (Å²) in [6.45, 7) is 1.12. The maximum Gasteiger partial charge on any atom is 0.430 e. The van der Waals surface area contributed by atoms with Gasteiger partial charge in [-0.3, -0.25) is 0 Å². The summed E-state index contributed by atoms with van der Waals surface area (Å²) in [5.74, 6) is 0.941. The number of nitrogens with zero attached hydrogens (tertiary/aromatic N) is 1. The lowest BCUT2D eigenvalue weighted by molar-refractivity contribution is -0.169. The molecule has 7 heteroatoms. The predicted molar refractivity (Wildman–Crippen MR) is 33.6 cm³/mol. The van der Waals surface area contributed by atoms with Gasteiger partial charge in [0.05, 0.1) is 0 Å². The normalized spacial score (nSPS) is 12.2. The van der Waals surface area contributed by atoms with E-state index in [2.05, 4.69) is 4.99 Å². The summed E-state index contributed by atoms with van der Waals surface area (Å²) in [5, 5.41) is 0. The molecule has 0 unspecified atom stereocenters. The van der Waals surface area contributed by atoms with Crippen LogP contribution in [-0.2, 0) is 0 Å². The molecular weight excluding hydrogens is 200 g/mol. The Bertz CT molecular complexity index is 212. The lowest BCUT2D eigenvalue weighted by atomic mass is 10.3. The molecule has 0 spiro atoms. The van der Waals surface area contributed by atoms with Crippen molar-refractivity contribution in [3.05, 3.63) is 5.57 Å². The van der Waals surface area contributed by atoms with Crippen LogP contribution in [0.5, 0.6) is 0 Å². The minimum atomic E-state index is -5.46. The Balaban J connectivity index is 5.14. The van der Waals surface area contributed by atoms with Crippen LogP contribution in [0.2, 0.25) is 0 Å². The lowest BCUT2D eigenvalue weighted by Crippen LogP contribution is -2.26. The zero-order valence-electron chi connectivity index (χ0n) is 6.42. The molecule has 76 valence electrons. The molecule has 0 heterocycles. The fourth-order valence-electron chi connectivity index (χ4n) is 0.446. The molecule has 0 aliphatic carbocycles. The van der Waals surface area contributed by atoms with E-state index in [9.17, 15) is 26.3 Å². The number of hydrogen-bond donors (Lipinski definition) is 0. The molecule has 0 saturated heterocycles. The summed E-state index contributed by atoms with van der Waals surface area (Å²) in [6.07, 6.45) is -10.9. The third-order valence-corrected chi connectivity index (χ3v) is 0.916. The molecule has 0 aliphatic rings. The fourth-order valence-corrected chi connectivity index (χ4v) is 0.446. The third kappa shape index (κ3) is 3.98. The summed E-state index contributed by atoms with van der Waals surface area (Å²) in [6, 6.07) is 0. The summed E-state index contributed by atoms with van der Waals surface area (Å²) in [5.41, 5.74) is -2.71. The topological polar surface area (TPSA) is 12.4 Å². The van der Waals surface area contributed by atoms with E-state index in [0.29, 0.717) is 0 Å². The van der Waals surface area contributed by atoms with E-state index in [-0.39, 0.29) is 6.54 Å². The van der Waals surface area contributed by atoms with Crippen LogP contribution in [0, 0.1) is 0 Å². The van der Waals surface area contributed by atoms with Gasteiger partial charge >= 0.3 is 12.4 Å². The quantitative estimate of drug-likeness (QED) is 0.461. The van der Waals surface area contributed by atoms with Crippen molar-refractivity contribution in [2.45, 2.75) is 19.3 Å². The predicted octanol–water partition coefficient (Wildman–Crippen LogP) is 2.73. The van der Waals surface area contributed by atoms with Crippen molar-refractivity contribution in [3.8, 4) is 0 Å². The minimum absolute atomic E-state index is 0.185. The zero-order chi connectivity index (χ0) is 10.7. The van der Waals surface area contributed by atoms with Crippen molar-refractivity contribution in [2.75, 3.05) is 6.54 Å². The Hall–Kier alpha value is -0.970. The zero-order valence-corrected chi connectivity index (χ0v) is 6.42. The molecule has 0 fully saturated rings. The maximum absolute atomic E-state index is 11.7. The number of alkyl halides is 6. The van der Waals surface area contributed by atoms with E-state index in [1.165, 1.54) is 6.92 Å². The summed E-state index contributed by atoms with van der Waals surface area (Å²) in [7, 11) is 0. The molecule has 1 nitrogen and oxygen atoms in total. The first-order valence-corrected chi connectivity index (χ1v) is 3.13. The Kier molecular flexibility index (Phi) is 3.54. The van der Waals surface area contributed by atoms with Gasteiger partial charge < -0.3 is 0 Å². The molecule has 0 aliphatic heterocycles. The Morgan fingerprint density at radius 2 is 1.46 bits per heavy atom. The van der Waals surface area contributed by atoms with Gasteiger partial charge in [-0.2, -0.15) is 26.3 Å². The smallest absolute Gasteiger partial charge is 0.243 e. The molecule has 13 heavy (non-hydrogen) atoms. The number of rotatable bonds is 1. The highest BCUT2D eigenvalue weighted by Gasteiger charge is 2.51. The minimum Gasteiger partial charge on any atom is -0.243 e. The van der Waals surface area contributed by atoms with Crippen molar-refractivity contribution in [2.24, 2.45) is 4.99 Å². The summed E-state index contributed by atoms with van der Waals surface area (Å²) in [4.78, 5) is 2.78. The van der Waals surface area contributed by atoms with Crippen molar-refractivity contribution in [1.29, 1.82) is 0 Å². The van der Waals surface area contributed by atoms with E-state index < -0.39 is 17.9 Å². The van der Waals surface area contributed by atoms with Crippen LogP contribution in [0.25, 0.3) is 0 Å². The van der Waals surface area contributed by atoms with E-state index in [4.69, 9.17) is 0 Å². The van der Waals surface area contributed by atoms with Crippen molar-refractivity contribution < 1.29 is 26.3 Å². The van der Waals surface area contributed by atoms with Gasteiger partial charge in [-0.1, -0.05) is 0 Å². The maximum atomic E-state index is 11.7. The van der Waals surface area contributed by atoms with Gasteiger partial charge in [0.2, 0.25) is 0 Å². The van der Waals surface area contributed by atoms with Gasteiger partial charge in [0.1, 0.15) is 0 Å². The van der Waals surface area contributed by atoms with Gasteiger partial charge in [0.15, 0.2) is 5.57 Å². The third-order valence-electron chi connectivity index (χ3n) is 0.916. The molecule has 0 atom stereocenters. The van der Waals surface area contributed by atoms with Crippen molar-refractivity contribution in [3.63, 3.8) is 0 Å². The highest BCUT2D eigenvalue weighted by atomic mass is 19.4. The monoisotopic (exact) mass is 205 g/mol. The molecule has 0 aromatic carbocycles. The van der Waals surface area contributed by atoms with E-state index in [1.807, 2.05) is 0 Å². The second-order valence-electron chi connectivity index (χ2n) is 1.96. The standard InChI is InChI=1S/C6H5F6N/c1-2-13-3-4(5(7,8)9)6(10,11)12/h2H2,1H3. The second kappa shape index (κ2) is 3.83. The molecule has 0 bridgehead atoms. The van der Waals surface area contributed by atoms with Crippen LogP contribution in [0.3, 0.4) is 0 Å². The lowest BCUT2D eigenvalue weighted by Gasteiger charge is -2.11. The molecule has 0 rings (SSSR count). The first-order chi connectivity index (χ1) is 5.69. The van der Waals surface area contributed by atoms with Gasteiger partial charge in [-0.05, 0) is 12.8 Å². The highest BCUT2D eigenvalue weighted by Crippen LogP contribution is 2.36. The molecule has 0 N–H and O–H groups in total. The Labute approximate surface area is 69.8 Å². The van der Waals surface area contributed by atoms with Gasteiger partial charge in [0.25, 0.3) is 0 Å². The number of hydrogen-bond acceptors (Lipinski definition) is 1. The summed E-state index contributed by atoms with van der Waals surface area (Å²) >= 11 is 0. The number of aliphatic imine (C=N–C) groups is 1. The SMILES string of the molecule is CCN=C=C(C(F)(F)F)C(F)(F)F. The molecule has 0 aromatic heterocycles. The van der Waals surface area contributed by atoms with Crippen LogP contribution in [0.1, 0.15) is 6.92 Å². The molecule has 0 saturated carbocycles. The number of allylic oxidation sites excluding steroid dienone is 1. The van der Waals surface area contributed by atoms with E-state index >= 15 is 0 Å². The first-order valence-electron chi connectivity index (χ1n) is 3.13. The Morgan fingerprint density at radius 1 is 1.08 bits per heavy atom. The molecule has 0 aromatic rings. The largest absolute Gasteiger partial charge is 0.430 e. The molecule has 0 amide bonds. The summed E-state index contributed by atoms with van der Waals surface area (Å²) < 4.78 is 70.0. The van der Waals surface area contributed by atoms with Crippen molar-refractivity contribution >= 4 is 5.87 Å². The fraction of sp³-hybridized carbons (Fsp3) is 0.667. The number of halogens is 6. The molecular formula is C6H5F6N. The average Bonchev–Trinajstić information content (AvgIpc) is 1.81. The van der Waals surface area contributed by atoms with E-state index in [0.717, 1.165) is 5.87 Å². The van der Waals surface area contributed by atoms with Crippen LogP contribution in [0.15, 0.2) is 10.6 Å². The Morgan fingerprint density at radius 3 is 1.69 bits per heavy atom. The van der Waals surface area contributed by atoms with Crippen LogP contribution >= 0.6 is 0 Å². The van der Waals surface area contributed by atoms with Gasteiger partial charge in [0, 0.05) is 6.54 Å². The van der Waals surface area contributed by atoms with Gasteiger partial charge in [-0.15, -0.1) is 0 Å². The highest BCUT2D eigenvalue weighted by molar-refractivity contribution is 5.61. The molecule has 0 radical (unpaired) electrons. The van der Waals surface area contributed by atoms with Crippen LogP contribution < -0.4 is 0 Å². The van der Waals surface area contributed by atoms with E-state index in [1.54, 1.807) is 0 Å². The van der Waals surface area contributed by atoms with Crippen molar-refractivity contribution in [1.82, 2.24) is 0 Å². The first kappa shape index (κ1) is 12.0. The second-order valence-corrected chi connectivity index (χ2v) is 1.96. The average molecular weight is 205 g/mol.